The first-order valence-corrected chi connectivity index (χ1v) is 26.8. The summed E-state index contributed by atoms with van der Waals surface area (Å²) >= 11 is 0. The number of ketones is 1. The van der Waals surface area contributed by atoms with E-state index in [9.17, 15) is 9.59 Å². The molecule has 8 nitrogen and oxygen atoms in total. The second kappa shape index (κ2) is 18.0. The van der Waals surface area contributed by atoms with Gasteiger partial charge in [-0.3, -0.25) is 4.79 Å². The van der Waals surface area contributed by atoms with Crippen molar-refractivity contribution in [1.29, 1.82) is 0 Å². The molecule has 1 saturated heterocycles. The Morgan fingerprint density at radius 3 is 2.09 bits per heavy atom. The van der Waals surface area contributed by atoms with Crippen LogP contribution in [-0.2, 0) is 47.5 Å². The van der Waals surface area contributed by atoms with E-state index >= 15 is 0 Å². The lowest BCUT2D eigenvalue weighted by molar-refractivity contribution is -0.154. The smallest absolute Gasteiger partial charge is 0.343 e. The molecule has 1 fully saturated rings. The lowest BCUT2D eigenvalue weighted by Crippen LogP contribution is -2.52. The van der Waals surface area contributed by atoms with Gasteiger partial charge in [0.2, 0.25) is 5.60 Å². The highest BCUT2D eigenvalue weighted by Crippen LogP contribution is 2.50. The Bertz CT molecular complexity index is 1780. The monoisotopic (exact) mass is 808 g/mol. The molecular weight excluding hydrogens is 737 g/mol. The van der Waals surface area contributed by atoms with E-state index in [0.29, 0.717) is 37.6 Å². The van der Waals surface area contributed by atoms with Crippen LogP contribution in [0.5, 0.6) is 5.75 Å². The normalized spacial score (nSPS) is 19.0. The van der Waals surface area contributed by atoms with Gasteiger partial charge in [0.1, 0.15) is 29.8 Å². The number of hydrogen-bond acceptors (Lipinski definition) is 8. The maximum Gasteiger partial charge on any atom is 0.343 e. The number of carbonyl (C=O) groups is 2. The average Bonchev–Trinajstić information content (AvgIpc) is 3.72. The molecular formula is C46H72O8Si2. The Morgan fingerprint density at radius 2 is 1.55 bits per heavy atom. The Morgan fingerprint density at radius 1 is 0.911 bits per heavy atom. The minimum Gasteiger partial charge on any atom is -0.488 e. The van der Waals surface area contributed by atoms with Gasteiger partial charge in [0.05, 0.1) is 31.1 Å². The topological polar surface area (TPSA) is 96.7 Å². The Kier molecular flexibility index (Phi) is 14.8. The molecule has 0 spiro atoms. The molecule has 3 aromatic rings. The van der Waals surface area contributed by atoms with Gasteiger partial charge in [-0.25, -0.2) is 4.79 Å². The fraction of sp³-hybridized carbons (Fsp3) is 0.652. The molecule has 0 amide bonds. The Labute approximate surface area is 340 Å². The summed E-state index contributed by atoms with van der Waals surface area (Å²) in [5.41, 5.74) is 3.25. The van der Waals surface area contributed by atoms with E-state index in [0.717, 1.165) is 46.2 Å². The van der Waals surface area contributed by atoms with Crippen LogP contribution in [0.1, 0.15) is 130 Å². The van der Waals surface area contributed by atoms with Crippen LogP contribution >= 0.6 is 0 Å². The van der Waals surface area contributed by atoms with E-state index in [1.807, 2.05) is 25.1 Å². The van der Waals surface area contributed by atoms with Crippen LogP contribution in [0.15, 0.2) is 47.1 Å². The summed E-state index contributed by atoms with van der Waals surface area (Å²) in [6.45, 7) is 33.3. The molecule has 0 radical (unpaired) electrons. The van der Waals surface area contributed by atoms with E-state index in [1.54, 1.807) is 13.2 Å². The molecule has 4 atom stereocenters. The fourth-order valence-electron chi connectivity index (χ4n) is 7.01. The number of hydrogen-bond donors (Lipinski definition) is 0. The number of furan rings is 1. The van der Waals surface area contributed by atoms with Crippen LogP contribution < -0.4 is 4.74 Å². The van der Waals surface area contributed by atoms with Crippen LogP contribution in [0, 0.1) is 5.92 Å². The summed E-state index contributed by atoms with van der Waals surface area (Å²) in [6, 6.07) is 12.4. The van der Waals surface area contributed by atoms with Crippen molar-refractivity contribution in [1.82, 2.24) is 0 Å². The summed E-state index contributed by atoms with van der Waals surface area (Å²) in [5.74, 6) is 0.213. The number of carbonyl (C=O) groups excluding carboxylic acids is 2. The lowest BCUT2D eigenvalue weighted by Gasteiger charge is -2.40. The predicted molar refractivity (Wildman–Crippen MR) is 231 cm³/mol. The SMILES string of the molecule is CCCC(C(=O)C[C@H](O[Si](C)(C)C(C)(C)C)C1(C(=O)OCC)O[C@@H]1CC)c1coc2c(CO[Si](C)(C)C(C)(C)C)c(OCc3ccccc3)c(CC(C)C)cc12. The van der Waals surface area contributed by atoms with Crippen molar-refractivity contribution < 1.29 is 37.1 Å². The highest BCUT2D eigenvalue weighted by Gasteiger charge is 2.69. The number of ether oxygens (including phenoxy) is 3. The van der Waals surface area contributed by atoms with Gasteiger partial charge in [0, 0.05) is 23.3 Å². The number of rotatable bonds is 20. The average molecular weight is 809 g/mol. The van der Waals surface area contributed by atoms with E-state index < -0.39 is 40.2 Å². The van der Waals surface area contributed by atoms with Crippen LogP contribution in [0.3, 0.4) is 0 Å². The van der Waals surface area contributed by atoms with Crippen molar-refractivity contribution in [3.63, 3.8) is 0 Å². The molecule has 1 aromatic heterocycles. The van der Waals surface area contributed by atoms with Gasteiger partial charge >= 0.3 is 5.97 Å². The second-order valence-corrected chi connectivity index (χ2v) is 28.8. The van der Waals surface area contributed by atoms with Crippen molar-refractivity contribution in [3.05, 3.63) is 64.9 Å². The molecule has 0 bridgehead atoms. The summed E-state index contributed by atoms with van der Waals surface area (Å²) in [6.07, 6.45) is 3.44. The van der Waals surface area contributed by atoms with Gasteiger partial charge in [0.15, 0.2) is 16.6 Å². The van der Waals surface area contributed by atoms with Crippen molar-refractivity contribution in [2.45, 2.75) is 181 Å². The second-order valence-electron chi connectivity index (χ2n) is 19.2. The third-order valence-corrected chi connectivity index (χ3v) is 21.4. The summed E-state index contributed by atoms with van der Waals surface area (Å²) in [4.78, 5) is 28.7. The molecule has 0 N–H and O–H groups in total. The first kappa shape index (κ1) is 45.9. The van der Waals surface area contributed by atoms with E-state index in [4.69, 9.17) is 27.5 Å². The van der Waals surface area contributed by atoms with Gasteiger partial charge < -0.3 is 27.5 Å². The van der Waals surface area contributed by atoms with Gasteiger partial charge in [-0.2, -0.15) is 0 Å². The third-order valence-electron chi connectivity index (χ3n) is 12.4. The first-order chi connectivity index (χ1) is 26.0. The van der Waals surface area contributed by atoms with Gasteiger partial charge in [0.25, 0.3) is 0 Å². The van der Waals surface area contributed by atoms with Crippen LogP contribution in [0.4, 0.5) is 0 Å². The van der Waals surface area contributed by atoms with Crippen molar-refractivity contribution in [3.8, 4) is 5.75 Å². The minimum atomic E-state index is -2.47. The number of benzene rings is 2. The Balaban J connectivity index is 1.87. The molecule has 0 aliphatic carbocycles. The molecule has 2 unspecified atom stereocenters. The first-order valence-electron chi connectivity index (χ1n) is 21.0. The molecule has 1 aliphatic rings. The quantitative estimate of drug-likeness (QED) is 0.0632. The number of epoxide rings is 1. The van der Waals surface area contributed by atoms with Crippen LogP contribution in [0.25, 0.3) is 11.0 Å². The maximum atomic E-state index is 15.0. The highest BCUT2D eigenvalue weighted by atomic mass is 28.4. The Hall–Kier alpha value is -2.77. The number of fused-ring (bicyclic) bond motifs is 1. The molecule has 312 valence electrons. The lowest BCUT2D eigenvalue weighted by atomic mass is 9.84. The van der Waals surface area contributed by atoms with Crippen LogP contribution in [-0.4, -0.2) is 52.8 Å². The fourth-order valence-corrected chi connectivity index (χ4v) is 9.28. The zero-order valence-corrected chi connectivity index (χ0v) is 39.3. The van der Waals surface area contributed by atoms with Crippen molar-refractivity contribution in [2.75, 3.05) is 6.61 Å². The number of esters is 1. The zero-order valence-electron chi connectivity index (χ0n) is 37.3. The van der Waals surface area contributed by atoms with Gasteiger partial charge in [-0.1, -0.05) is 106 Å². The van der Waals surface area contributed by atoms with E-state index in [1.165, 1.54) is 0 Å². The summed E-state index contributed by atoms with van der Waals surface area (Å²) in [7, 11) is -4.65. The molecule has 56 heavy (non-hydrogen) atoms. The molecule has 1 aliphatic heterocycles. The van der Waals surface area contributed by atoms with Gasteiger partial charge in [-0.05, 0) is 85.6 Å². The van der Waals surface area contributed by atoms with Crippen molar-refractivity contribution in [2.24, 2.45) is 5.92 Å². The predicted octanol–water partition coefficient (Wildman–Crippen LogP) is 12.1. The molecule has 0 saturated carbocycles. The number of Topliss-reactive ketones (excluding diaryl/α,β-unsaturated/α-hetero) is 1. The summed E-state index contributed by atoms with van der Waals surface area (Å²) < 4.78 is 39.1. The van der Waals surface area contributed by atoms with E-state index in [-0.39, 0.29) is 35.0 Å². The van der Waals surface area contributed by atoms with E-state index in [2.05, 4.69) is 107 Å². The maximum absolute atomic E-state index is 15.0. The summed E-state index contributed by atoms with van der Waals surface area (Å²) in [5, 5.41) is 0.760. The minimum absolute atomic E-state index is 0.00109. The van der Waals surface area contributed by atoms with Crippen molar-refractivity contribution >= 4 is 39.4 Å². The molecule has 10 heteroatoms. The zero-order chi connectivity index (χ0) is 41.9. The highest BCUT2D eigenvalue weighted by molar-refractivity contribution is 6.74. The molecule has 2 heterocycles. The molecule has 2 aromatic carbocycles. The van der Waals surface area contributed by atoms with Crippen LogP contribution in [0.2, 0.25) is 36.3 Å². The largest absolute Gasteiger partial charge is 0.488 e. The third kappa shape index (κ3) is 10.1. The standard InChI is InChI=1S/C46H72O8Si2/c1-16-22-34(38(47)27-40(54-56(14,15)45(9,10)11)46(39(17-2)53-46)43(48)49-18-3)36-29-51-42-35(36)26-33(25-31(4)5)41(50-28-32-23-20-19-21-24-32)37(42)30-52-55(12,13)44(6,7)8/h19-21,23-24,26,29,31,34,39-40H,16-18,22,25,27-28,30H2,1-15H3/t34?,39-,40+,46?/m1/s1. The molecule has 4 rings (SSSR count). The van der Waals surface area contributed by atoms with Gasteiger partial charge in [-0.15, -0.1) is 0 Å².